The summed E-state index contributed by atoms with van der Waals surface area (Å²) in [7, 11) is 0. The van der Waals surface area contributed by atoms with Gasteiger partial charge in [-0.2, -0.15) is 0 Å². The third-order valence-corrected chi connectivity index (χ3v) is 4.49. The van der Waals surface area contributed by atoms with Crippen LogP contribution in [0.1, 0.15) is 27.1 Å². The van der Waals surface area contributed by atoms with E-state index in [2.05, 4.69) is 26.8 Å². The minimum absolute atomic E-state index is 0.0799. The van der Waals surface area contributed by atoms with Crippen LogP contribution in [-0.2, 0) is 9.59 Å². The Bertz CT molecular complexity index is 894. The quantitative estimate of drug-likeness (QED) is 0.519. The fourth-order valence-corrected chi connectivity index (χ4v) is 2.84. The van der Waals surface area contributed by atoms with Crippen molar-refractivity contribution in [3.8, 4) is 5.75 Å². The second kappa shape index (κ2) is 8.66. The second-order valence-corrected chi connectivity index (χ2v) is 6.81. The number of amides is 4. The summed E-state index contributed by atoms with van der Waals surface area (Å²) in [5, 5.41) is 0. The number of ether oxygens (including phenoxy) is 1. The van der Waals surface area contributed by atoms with E-state index in [1.54, 1.807) is 48.5 Å². The number of halogens is 1. The summed E-state index contributed by atoms with van der Waals surface area (Å²) in [6.07, 6.45) is -0.140. The minimum atomic E-state index is -0.544. The first kappa shape index (κ1) is 19.6. The molecule has 28 heavy (non-hydrogen) atoms. The van der Waals surface area contributed by atoms with Crippen molar-refractivity contribution in [3.05, 3.63) is 64.1 Å². The third-order valence-electron chi connectivity index (χ3n) is 3.97. The fourth-order valence-electron chi connectivity index (χ4n) is 2.57. The molecule has 9 heteroatoms. The van der Waals surface area contributed by atoms with Crippen LogP contribution < -0.4 is 15.6 Å². The van der Waals surface area contributed by atoms with E-state index < -0.39 is 23.6 Å². The van der Waals surface area contributed by atoms with Gasteiger partial charge in [0.05, 0.1) is 11.1 Å². The van der Waals surface area contributed by atoms with Crippen LogP contribution in [0.3, 0.4) is 0 Å². The molecule has 144 valence electrons. The van der Waals surface area contributed by atoms with Gasteiger partial charge in [-0.25, -0.2) is 0 Å². The summed E-state index contributed by atoms with van der Waals surface area (Å²) in [5.74, 6) is -1.43. The maximum Gasteiger partial charge on any atom is 0.276 e. The molecule has 0 aromatic heterocycles. The first-order valence-corrected chi connectivity index (χ1v) is 9.16. The molecule has 0 bridgehead atoms. The van der Waals surface area contributed by atoms with E-state index in [9.17, 15) is 19.2 Å². The Morgan fingerprint density at radius 2 is 1.46 bits per heavy atom. The predicted molar refractivity (Wildman–Crippen MR) is 102 cm³/mol. The smallest absolute Gasteiger partial charge is 0.276 e. The highest BCUT2D eigenvalue weighted by atomic mass is 79.9. The molecule has 2 N–H and O–H groups in total. The Labute approximate surface area is 168 Å². The number of hydrazine groups is 1. The summed E-state index contributed by atoms with van der Waals surface area (Å²) in [6, 6.07) is 13.4. The van der Waals surface area contributed by atoms with E-state index in [4.69, 9.17) is 4.74 Å². The Morgan fingerprint density at radius 1 is 0.893 bits per heavy atom. The Kier molecular flexibility index (Phi) is 6.05. The Morgan fingerprint density at radius 3 is 2.07 bits per heavy atom. The molecule has 0 saturated heterocycles. The lowest BCUT2D eigenvalue weighted by molar-refractivity contribution is -0.130. The van der Waals surface area contributed by atoms with Crippen LogP contribution in [-0.4, -0.2) is 41.7 Å². The monoisotopic (exact) mass is 445 g/mol. The van der Waals surface area contributed by atoms with Crippen LogP contribution in [0, 0.1) is 0 Å². The number of hydrogen-bond acceptors (Lipinski definition) is 5. The molecule has 0 atom stereocenters. The normalized spacial score (nSPS) is 12.5. The summed E-state index contributed by atoms with van der Waals surface area (Å²) < 4.78 is 6.16. The molecular weight excluding hydrogens is 430 g/mol. The molecule has 4 amide bonds. The SMILES string of the molecule is O=C(CCN1C(=O)c2ccccc2C1=O)NNC(=O)COc1ccc(Br)cc1. The fraction of sp³-hybridized carbons (Fsp3) is 0.158. The summed E-state index contributed by atoms with van der Waals surface area (Å²) in [4.78, 5) is 49.0. The number of carbonyl (C=O) groups excluding carboxylic acids is 4. The average Bonchev–Trinajstić information content (AvgIpc) is 2.95. The van der Waals surface area contributed by atoms with E-state index in [1.807, 2.05) is 0 Å². The standard InChI is InChI=1S/C19H16BrN3O5/c20-12-5-7-13(8-6-12)28-11-17(25)22-21-16(24)9-10-23-18(26)14-3-1-2-4-15(14)19(23)27/h1-8H,9-11H2,(H,21,24)(H,22,25). The van der Waals surface area contributed by atoms with E-state index in [0.29, 0.717) is 16.9 Å². The molecule has 8 nitrogen and oxygen atoms in total. The van der Waals surface area contributed by atoms with Crippen molar-refractivity contribution in [1.82, 2.24) is 15.8 Å². The van der Waals surface area contributed by atoms with Crippen LogP contribution in [0.15, 0.2) is 53.0 Å². The van der Waals surface area contributed by atoms with Crippen molar-refractivity contribution >= 4 is 39.6 Å². The van der Waals surface area contributed by atoms with Crippen molar-refractivity contribution in [2.75, 3.05) is 13.2 Å². The number of imide groups is 1. The van der Waals surface area contributed by atoms with Gasteiger partial charge in [-0.3, -0.25) is 34.9 Å². The maximum absolute atomic E-state index is 12.2. The lowest BCUT2D eigenvalue weighted by Crippen LogP contribution is -2.45. The van der Waals surface area contributed by atoms with E-state index in [0.717, 1.165) is 9.37 Å². The number of fused-ring (bicyclic) bond motifs is 1. The van der Waals surface area contributed by atoms with Gasteiger partial charge < -0.3 is 4.74 Å². The summed E-state index contributed by atoms with van der Waals surface area (Å²) in [5.41, 5.74) is 5.10. The first-order chi connectivity index (χ1) is 13.5. The molecule has 3 rings (SSSR count). The zero-order chi connectivity index (χ0) is 20.1. The van der Waals surface area contributed by atoms with Crippen LogP contribution >= 0.6 is 15.9 Å². The van der Waals surface area contributed by atoms with Crippen molar-refractivity contribution < 1.29 is 23.9 Å². The van der Waals surface area contributed by atoms with E-state index in [-0.39, 0.29) is 19.6 Å². The molecule has 1 heterocycles. The number of carbonyl (C=O) groups is 4. The van der Waals surface area contributed by atoms with Gasteiger partial charge in [0, 0.05) is 17.4 Å². The number of benzene rings is 2. The van der Waals surface area contributed by atoms with Crippen LogP contribution in [0.4, 0.5) is 0 Å². The number of rotatable bonds is 6. The van der Waals surface area contributed by atoms with Gasteiger partial charge >= 0.3 is 0 Å². The average molecular weight is 446 g/mol. The second-order valence-electron chi connectivity index (χ2n) is 5.90. The molecular formula is C19H16BrN3O5. The molecule has 0 unspecified atom stereocenters. The van der Waals surface area contributed by atoms with Gasteiger partial charge in [-0.1, -0.05) is 28.1 Å². The van der Waals surface area contributed by atoms with Crippen molar-refractivity contribution in [2.45, 2.75) is 6.42 Å². The minimum Gasteiger partial charge on any atom is -0.484 e. The van der Waals surface area contributed by atoms with Gasteiger partial charge in [0.1, 0.15) is 5.75 Å². The first-order valence-electron chi connectivity index (χ1n) is 8.37. The number of nitrogens with zero attached hydrogens (tertiary/aromatic N) is 1. The zero-order valence-corrected chi connectivity index (χ0v) is 16.2. The molecule has 2 aromatic carbocycles. The third kappa shape index (κ3) is 4.55. The molecule has 0 saturated carbocycles. The van der Waals surface area contributed by atoms with Gasteiger partial charge in [0.2, 0.25) is 5.91 Å². The van der Waals surface area contributed by atoms with Crippen molar-refractivity contribution in [1.29, 1.82) is 0 Å². The van der Waals surface area contributed by atoms with Crippen LogP contribution in [0.2, 0.25) is 0 Å². The topological polar surface area (TPSA) is 105 Å². The van der Waals surface area contributed by atoms with Crippen molar-refractivity contribution in [3.63, 3.8) is 0 Å². The van der Waals surface area contributed by atoms with Gasteiger partial charge in [0.25, 0.3) is 17.7 Å². The van der Waals surface area contributed by atoms with Gasteiger partial charge in [-0.05, 0) is 36.4 Å². The molecule has 2 aromatic rings. The van der Waals surface area contributed by atoms with Crippen LogP contribution in [0.25, 0.3) is 0 Å². The predicted octanol–water partition coefficient (Wildman–Crippen LogP) is 1.66. The Balaban J connectivity index is 1.40. The molecule has 0 radical (unpaired) electrons. The molecule has 1 aliphatic rings. The van der Waals surface area contributed by atoms with Gasteiger partial charge in [-0.15, -0.1) is 0 Å². The lowest BCUT2D eigenvalue weighted by atomic mass is 10.1. The Hall–Kier alpha value is -3.20. The molecule has 0 spiro atoms. The van der Waals surface area contributed by atoms with E-state index in [1.165, 1.54) is 0 Å². The molecule has 0 aliphatic carbocycles. The summed E-state index contributed by atoms with van der Waals surface area (Å²) in [6.45, 7) is -0.357. The molecule has 1 aliphatic heterocycles. The van der Waals surface area contributed by atoms with E-state index >= 15 is 0 Å². The highest BCUT2D eigenvalue weighted by Gasteiger charge is 2.34. The maximum atomic E-state index is 12.2. The van der Waals surface area contributed by atoms with Gasteiger partial charge in [0.15, 0.2) is 6.61 Å². The highest BCUT2D eigenvalue weighted by Crippen LogP contribution is 2.22. The zero-order valence-electron chi connectivity index (χ0n) is 14.6. The van der Waals surface area contributed by atoms with Crippen molar-refractivity contribution in [2.24, 2.45) is 0 Å². The number of hydrogen-bond donors (Lipinski definition) is 2. The lowest BCUT2D eigenvalue weighted by Gasteiger charge is -2.14. The molecule has 0 fully saturated rings. The highest BCUT2D eigenvalue weighted by molar-refractivity contribution is 9.10. The number of nitrogens with one attached hydrogen (secondary N) is 2. The van der Waals surface area contributed by atoms with Crippen LogP contribution in [0.5, 0.6) is 5.75 Å². The largest absolute Gasteiger partial charge is 0.484 e. The summed E-state index contributed by atoms with van der Waals surface area (Å²) >= 11 is 3.29.